The van der Waals surface area contributed by atoms with Gasteiger partial charge in [-0.25, -0.2) is 0 Å². The fourth-order valence-electron chi connectivity index (χ4n) is 2.65. The number of carbonyl (C=O) groups excluding carboxylic acids is 1. The quantitative estimate of drug-likeness (QED) is 0.588. The Bertz CT molecular complexity index is 480. The molecule has 0 aromatic heterocycles. The van der Waals surface area contributed by atoms with Crippen molar-refractivity contribution in [3.8, 4) is 0 Å². The molecule has 1 aromatic carbocycles. The van der Waals surface area contributed by atoms with E-state index in [-0.39, 0.29) is 5.92 Å². The zero-order valence-electron chi connectivity index (χ0n) is 12.8. The highest BCUT2D eigenvalue weighted by molar-refractivity contribution is 5.79. The summed E-state index contributed by atoms with van der Waals surface area (Å²) in [7, 11) is 1.34. The summed E-state index contributed by atoms with van der Waals surface area (Å²) in [6.45, 7) is 9.23. The Morgan fingerprint density at radius 1 is 1.38 bits per heavy atom. The molecular weight excluding hydrogens is 264 g/mol. The maximum atomic E-state index is 12.4. The Balaban J connectivity index is 3.24. The van der Waals surface area contributed by atoms with Gasteiger partial charge < -0.3 is 9.84 Å². The maximum Gasteiger partial charge on any atom is 0.315 e. The lowest BCUT2D eigenvalue weighted by Gasteiger charge is -2.37. The van der Waals surface area contributed by atoms with Crippen molar-refractivity contribution in [1.82, 2.24) is 0 Å². The van der Waals surface area contributed by atoms with Gasteiger partial charge in [-0.15, -0.1) is 13.2 Å². The zero-order valence-corrected chi connectivity index (χ0v) is 12.8. The molecule has 21 heavy (non-hydrogen) atoms. The maximum absolute atomic E-state index is 12.4. The Labute approximate surface area is 127 Å². The summed E-state index contributed by atoms with van der Waals surface area (Å²) in [4.78, 5) is 12.4. The summed E-state index contributed by atoms with van der Waals surface area (Å²) < 4.78 is 4.95. The molecule has 0 amide bonds. The van der Waals surface area contributed by atoms with Gasteiger partial charge in [0.05, 0.1) is 13.2 Å². The predicted octanol–water partition coefficient (Wildman–Crippen LogP) is 3.46. The van der Waals surface area contributed by atoms with Gasteiger partial charge in [0.15, 0.2) is 0 Å². The smallest absolute Gasteiger partial charge is 0.315 e. The van der Waals surface area contributed by atoms with Crippen molar-refractivity contribution >= 4 is 5.97 Å². The van der Waals surface area contributed by atoms with Gasteiger partial charge in [0, 0.05) is 5.92 Å². The summed E-state index contributed by atoms with van der Waals surface area (Å²) in [5.74, 6) is -0.765. The number of methoxy groups -OCH3 is 1. The van der Waals surface area contributed by atoms with Gasteiger partial charge in [0.2, 0.25) is 0 Å². The molecule has 3 heteroatoms. The van der Waals surface area contributed by atoms with Crippen LogP contribution < -0.4 is 0 Å². The number of ether oxygens (including phenoxy) is 1. The van der Waals surface area contributed by atoms with Gasteiger partial charge in [-0.3, -0.25) is 4.79 Å². The number of benzene rings is 1. The number of hydrogen-bond donors (Lipinski definition) is 1. The van der Waals surface area contributed by atoms with Crippen LogP contribution in [-0.2, 0) is 9.53 Å². The average Bonchev–Trinajstić information content (AvgIpc) is 2.53. The molecule has 0 saturated carbocycles. The van der Waals surface area contributed by atoms with Crippen LogP contribution in [-0.4, -0.2) is 24.3 Å². The van der Waals surface area contributed by atoms with E-state index in [4.69, 9.17) is 4.74 Å². The van der Waals surface area contributed by atoms with Crippen molar-refractivity contribution in [3.63, 3.8) is 0 Å². The third-order valence-electron chi connectivity index (χ3n) is 4.00. The number of rotatable bonds is 8. The molecule has 0 unspecified atom stereocenters. The number of allylic oxidation sites excluding steroid dienone is 2. The van der Waals surface area contributed by atoms with E-state index in [2.05, 4.69) is 13.2 Å². The molecule has 0 radical (unpaired) electrons. The van der Waals surface area contributed by atoms with Crippen LogP contribution in [0.3, 0.4) is 0 Å². The second-order valence-corrected chi connectivity index (χ2v) is 5.28. The van der Waals surface area contributed by atoms with Gasteiger partial charge in [-0.1, -0.05) is 42.5 Å². The molecule has 1 N–H and O–H groups in total. The van der Waals surface area contributed by atoms with E-state index in [1.54, 1.807) is 19.1 Å². The van der Waals surface area contributed by atoms with Crippen molar-refractivity contribution < 1.29 is 14.6 Å². The van der Waals surface area contributed by atoms with E-state index in [1.807, 2.05) is 30.3 Å². The van der Waals surface area contributed by atoms with E-state index in [0.717, 1.165) is 5.56 Å². The van der Waals surface area contributed by atoms with Gasteiger partial charge in [0.1, 0.15) is 5.41 Å². The molecule has 3 nitrogen and oxygen atoms in total. The van der Waals surface area contributed by atoms with Gasteiger partial charge in [0.25, 0.3) is 0 Å². The van der Waals surface area contributed by atoms with Gasteiger partial charge in [-0.05, 0) is 25.3 Å². The standard InChI is InChI=1S/C18H24O3/c1-5-7-13-16(19)18(3,17(20)21-4)15(6-2)14-11-9-8-10-12-14/h5-6,8-12,15-16,19H,1-2,7,13H2,3-4H3/t15-,16+,18+/m1/s1. The fourth-order valence-corrected chi connectivity index (χ4v) is 2.65. The highest BCUT2D eigenvalue weighted by atomic mass is 16.5. The Morgan fingerprint density at radius 3 is 2.48 bits per heavy atom. The number of hydrogen-bond acceptors (Lipinski definition) is 3. The summed E-state index contributed by atoms with van der Waals surface area (Å²) in [5, 5.41) is 10.6. The van der Waals surface area contributed by atoms with Crippen LogP contribution in [0.4, 0.5) is 0 Å². The largest absolute Gasteiger partial charge is 0.468 e. The van der Waals surface area contributed by atoms with Gasteiger partial charge >= 0.3 is 5.97 Å². The average molecular weight is 288 g/mol. The minimum absolute atomic E-state index is 0.328. The van der Waals surface area contributed by atoms with Crippen molar-refractivity contribution in [1.29, 1.82) is 0 Å². The summed E-state index contributed by atoms with van der Waals surface area (Å²) in [6, 6.07) is 9.56. The van der Waals surface area contributed by atoms with E-state index in [1.165, 1.54) is 7.11 Å². The molecule has 0 fully saturated rings. The Hall–Kier alpha value is -1.87. The molecule has 3 atom stereocenters. The van der Waals surface area contributed by atoms with E-state index in [9.17, 15) is 9.90 Å². The van der Waals surface area contributed by atoms with Gasteiger partial charge in [-0.2, -0.15) is 0 Å². The first-order valence-corrected chi connectivity index (χ1v) is 7.07. The molecule has 114 valence electrons. The summed E-state index contributed by atoms with van der Waals surface area (Å²) in [5.41, 5.74) is -0.154. The zero-order chi connectivity index (χ0) is 15.9. The second kappa shape index (κ2) is 7.79. The molecule has 0 aliphatic rings. The topological polar surface area (TPSA) is 46.5 Å². The molecular formula is C18H24O3. The van der Waals surface area contributed by atoms with Crippen molar-refractivity contribution in [2.75, 3.05) is 7.11 Å². The van der Waals surface area contributed by atoms with Crippen molar-refractivity contribution in [2.45, 2.75) is 31.8 Å². The third kappa shape index (κ3) is 3.61. The minimum Gasteiger partial charge on any atom is -0.468 e. The third-order valence-corrected chi connectivity index (χ3v) is 4.00. The van der Waals surface area contributed by atoms with Crippen LogP contribution in [0.25, 0.3) is 0 Å². The normalized spacial score (nSPS) is 16.3. The first-order valence-electron chi connectivity index (χ1n) is 7.07. The highest BCUT2D eigenvalue weighted by Crippen LogP contribution is 2.42. The monoisotopic (exact) mass is 288 g/mol. The first-order chi connectivity index (χ1) is 10.0. The molecule has 0 spiro atoms. The molecule has 0 bridgehead atoms. The molecule has 1 aromatic rings. The molecule has 0 saturated heterocycles. The van der Waals surface area contributed by atoms with E-state index in [0.29, 0.717) is 12.8 Å². The second-order valence-electron chi connectivity index (χ2n) is 5.28. The van der Waals surface area contributed by atoms with Crippen LogP contribution in [0.5, 0.6) is 0 Å². The summed E-state index contributed by atoms with van der Waals surface area (Å²) in [6.07, 6.45) is 3.67. The van der Waals surface area contributed by atoms with E-state index >= 15 is 0 Å². The minimum atomic E-state index is -1.08. The Morgan fingerprint density at radius 2 is 2.00 bits per heavy atom. The number of aliphatic hydroxyl groups excluding tert-OH is 1. The van der Waals surface area contributed by atoms with E-state index < -0.39 is 17.5 Å². The fraction of sp³-hybridized carbons (Fsp3) is 0.389. The molecule has 0 aliphatic carbocycles. The number of aliphatic hydroxyl groups is 1. The molecule has 1 rings (SSSR count). The first kappa shape index (κ1) is 17.2. The lowest BCUT2D eigenvalue weighted by molar-refractivity contribution is -0.160. The lowest BCUT2D eigenvalue weighted by atomic mass is 9.68. The van der Waals surface area contributed by atoms with Crippen molar-refractivity contribution in [2.24, 2.45) is 5.41 Å². The highest BCUT2D eigenvalue weighted by Gasteiger charge is 2.47. The van der Waals surface area contributed by atoms with Crippen LogP contribution in [0, 0.1) is 5.41 Å². The SMILES string of the molecule is C=CCC[C@H](O)[C@@](C)(C(=O)OC)[C@H](C=C)c1ccccc1. The molecule has 0 aliphatic heterocycles. The number of carbonyl (C=O) groups is 1. The van der Waals surface area contributed by atoms with Crippen LogP contribution in [0.1, 0.15) is 31.2 Å². The lowest BCUT2D eigenvalue weighted by Crippen LogP contribution is -2.45. The van der Waals surface area contributed by atoms with Crippen molar-refractivity contribution in [3.05, 3.63) is 61.2 Å². The number of esters is 1. The van der Waals surface area contributed by atoms with Crippen LogP contribution >= 0.6 is 0 Å². The predicted molar refractivity (Wildman–Crippen MR) is 84.9 cm³/mol. The Kier molecular flexibility index (Phi) is 6.38. The van der Waals surface area contributed by atoms with Crippen LogP contribution in [0.2, 0.25) is 0 Å². The summed E-state index contributed by atoms with van der Waals surface area (Å²) >= 11 is 0. The molecule has 0 heterocycles. The van der Waals surface area contributed by atoms with Crippen LogP contribution in [0.15, 0.2) is 55.6 Å².